The number of aromatic amines is 3. The number of esters is 2. The fourth-order valence-electron chi connectivity index (χ4n) is 8.36. The van der Waals surface area contributed by atoms with Gasteiger partial charge in [0.25, 0.3) is 0 Å². The molecule has 0 aromatic carbocycles. The standard InChI is InChI=1S/C44H56N4O5/c1-11-29-26(7)33-19-31-24(5)25(6)32(45-31)20-34-27(8)30(15-16-37(49)53-18-17-23(4)14-12-13-22(2)3)41(47-34)39-40(44(51)52-10)43(50)38-28(9)35(48-42(38)39)21-36(29)46-33/h17,19-22,27,30,40,45-48H,11-16,18H2,1-10H3/b23-17-,33-19-,34-20-,36-21-,41-39-/t27-,30-,40+/m0/s1. The fourth-order valence-corrected chi connectivity index (χ4v) is 8.36. The second kappa shape index (κ2) is 15.3. The van der Waals surface area contributed by atoms with Gasteiger partial charge in [0.15, 0.2) is 5.78 Å². The number of allylic oxidation sites excluding steroid dienone is 3. The third-order valence-electron chi connectivity index (χ3n) is 11.8. The van der Waals surface area contributed by atoms with Gasteiger partial charge in [-0.15, -0.1) is 0 Å². The quantitative estimate of drug-likeness (QED) is 0.0949. The van der Waals surface area contributed by atoms with E-state index in [2.05, 4.69) is 93.9 Å². The molecule has 6 rings (SSSR count). The normalized spacial score (nSPS) is 22.9. The number of ether oxygens (including phenoxy) is 2. The van der Waals surface area contributed by atoms with Crippen LogP contribution in [0.15, 0.2) is 23.0 Å². The molecular weight excluding hydrogens is 665 g/mol. The monoisotopic (exact) mass is 720 g/mol. The Kier molecular flexibility index (Phi) is 10.9. The molecule has 0 radical (unpaired) electrons. The van der Waals surface area contributed by atoms with Crippen molar-refractivity contribution in [2.45, 2.75) is 101 Å². The molecule has 4 N–H and O–H groups in total. The van der Waals surface area contributed by atoms with Crippen molar-refractivity contribution < 1.29 is 23.9 Å². The molecule has 9 heteroatoms. The molecule has 0 amide bonds. The summed E-state index contributed by atoms with van der Waals surface area (Å²) in [4.78, 5) is 51.8. The van der Waals surface area contributed by atoms with Crippen LogP contribution >= 0.6 is 0 Å². The highest BCUT2D eigenvalue weighted by Crippen LogP contribution is 2.48. The summed E-state index contributed by atoms with van der Waals surface area (Å²) in [6.45, 7) is 19.4. The Morgan fingerprint density at radius 1 is 0.906 bits per heavy atom. The first-order valence-corrected chi connectivity index (χ1v) is 19.2. The van der Waals surface area contributed by atoms with Gasteiger partial charge in [-0.1, -0.05) is 39.7 Å². The van der Waals surface area contributed by atoms with Crippen LogP contribution in [0.5, 0.6) is 0 Å². The molecule has 1 aliphatic carbocycles. The summed E-state index contributed by atoms with van der Waals surface area (Å²) in [5.74, 6) is -1.86. The minimum atomic E-state index is -1.12. The molecule has 8 bridgehead atoms. The van der Waals surface area contributed by atoms with Gasteiger partial charge in [-0.25, -0.2) is 0 Å². The molecule has 0 spiro atoms. The average molecular weight is 721 g/mol. The highest BCUT2D eigenvalue weighted by Gasteiger charge is 2.48. The fraction of sp³-hybridized carbons (Fsp3) is 0.477. The first-order chi connectivity index (χ1) is 25.2. The third-order valence-corrected chi connectivity index (χ3v) is 11.8. The molecule has 0 saturated carbocycles. The molecular formula is C44H56N4O5. The highest BCUT2D eigenvalue weighted by atomic mass is 16.5. The van der Waals surface area contributed by atoms with Gasteiger partial charge in [0.1, 0.15) is 12.5 Å². The number of Topliss-reactive ketones (excluding diaryl/α,β-unsaturated/α-hetero) is 1. The van der Waals surface area contributed by atoms with E-state index < -0.39 is 11.9 Å². The van der Waals surface area contributed by atoms with Gasteiger partial charge < -0.3 is 29.7 Å². The smallest absolute Gasteiger partial charge is 0.321 e. The molecule has 3 aromatic heterocycles. The van der Waals surface area contributed by atoms with Crippen LogP contribution in [-0.4, -0.2) is 46.4 Å². The van der Waals surface area contributed by atoms with Gasteiger partial charge >= 0.3 is 11.9 Å². The number of rotatable bonds is 11. The minimum absolute atomic E-state index is 0.0565. The van der Waals surface area contributed by atoms with Crippen molar-refractivity contribution in [3.63, 3.8) is 0 Å². The Hall–Kier alpha value is -4.79. The molecule has 9 nitrogen and oxygen atoms in total. The molecule has 3 aliphatic rings. The summed E-state index contributed by atoms with van der Waals surface area (Å²) in [6.07, 6.45) is 13.2. The number of carbonyl (C=O) groups excluding carboxylic acids is 3. The summed E-state index contributed by atoms with van der Waals surface area (Å²) in [5.41, 5.74) is 12.9. The van der Waals surface area contributed by atoms with Gasteiger partial charge in [-0.2, -0.15) is 0 Å². The number of carbonyl (C=O) groups is 3. The van der Waals surface area contributed by atoms with Crippen LogP contribution in [0.25, 0.3) is 23.8 Å². The predicted octanol–water partition coefficient (Wildman–Crippen LogP) is 7.13. The summed E-state index contributed by atoms with van der Waals surface area (Å²) in [6, 6.07) is 0. The van der Waals surface area contributed by atoms with E-state index in [1.807, 2.05) is 13.0 Å². The molecule has 5 heterocycles. The first-order valence-electron chi connectivity index (χ1n) is 19.2. The number of hydrogen-bond acceptors (Lipinski definition) is 6. The third kappa shape index (κ3) is 7.15. The number of H-pyrrole nitrogens is 3. The average Bonchev–Trinajstić information content (AvgIpc) is 3.85. The van der Waals surface area contributed by atoms with Crippen LogP contribution in [0.1, 0.15) is 128 Å². The van der Waals surface area contributed by atoms with Crippen molar-refractivity contribution in [1.29, 1.82) is 0 Å². The molecule has 3 aromatic rings. The van der Waals surface area contributed by atoms with E-state index in [1.165, 1.54) is 30.2 Å². The number of ketones is 1. The van der Waals surface area contributed by atoms with Crippen molar-refractivity contribution in [3.8, 4) is 0 Å². The number of nitrogens with one attached hydrogen (secondary N) is 4. The lowest BCUT2D eigenvalue weighted by Crippen LogP contribution is -2.25. The van der Waals surface area contributed by atoms with E-state index in [0.717, 1.165) is 75.1 Å². The lowest BCUT2D eigenvalue weighted by atomic mass is 9.85. The number of aromatic nitrogens is 3. The molecule has 1 fully saturated rings. The molecule has 53 heavy (non-hydrogen) atoms. The van der Waals surface area contributed by atoms with Crippen LogP contribution in [-0.2, 0) is 25.5 Å². The van der Waals surface area contributed by atoms with Crippen molar-refractivity contribution in [3.05, 3.63) is 89.9 Å². The lowest BCUT2D eigenvalue weighted by Gasteiger charge is -2.19. The predicted molar refractivity (Wildman–Crippen MR) is 210 cm³/mol. The van der Waals surface area contributed by atoms with Crippen LogP contribution in [0.2, 0.25) is 0 Å². The Bertz CT molecular complexity index is 2180. The Morgan fingerprint density at radius 2 is 1.58 bits per heavy atom. The van der Waals surface area contributed by atoms with Crippen LogP contribution in [0.4, 0.5) is 0 Å². The summed E-state index contributed by atoms with van der Waals surface area (Å²) >= 11 is 0. The number of methoxy groups -OCH3 is 1. The van der Waals surface area contributed by atoms with Gasteiger partial charge in [0.2, 0.25) is 0 Å². The zero-order chi connectivity index (χ0) is 38.3. The van der Waals surface area contributed by atoms with Gasteiger partial charge in [0, 0.05) is 68.6 Å². The van der Waals surface area contributed by atoms with Gasteiger partial charge in [0.05, 0.1) is 12.8 Å². The Morgan fingerprint density at radius 3 is 2.26 bits per heavy atom. The van der Waals surface area contributed by atoms with E-state index in [9.17, 15) is 14.4 Å². The zero-order valence-electron chi connectivity index (χ0n) is 33.1. The highest BCUT2D eigenvalue weighted by molar-refractivity contribution is 6.24. The minimum Gasteiger partial charge on any atom is -0.468 e. The van der Waals surface area contributed by atoms with Crippen LogP contribution in [0.3, 0.4) is 0 Å². The Labute approximate surface area is 313 Å². The summed E-state index contributed by atoms with van der Waals surface area (Å²) in [5, 5.41) is 5.70. The molecule has 0 unspecified atom stereocenters. The second-order valence-corrected chi connectivity index (χ2v) is 15.6. The maximum atomic E-state index is 14.3. The van der Waals surface area contributed by atoms with E-state index in [0.29, 0.717) is 29.2 Å². The van der Waals surface area contributed by atoms with E-state index in [1.54, 1.807) is 0 Å². The zero-order valence-corrected chi connectivity index (χ0v) is 33.1. The SMILES string of the molecule is CCc1c(C)/c2[nH]/c1=C\c1[nH]c3c(c1C)C(=O)[C@H](C(=O)OC)/C3=C1/N/C(=C\c3[nH]c(c(C)c3C)\C=2)[C@@H](C)[C@@H]1CCC(=O)OC/C=C(/C)CCCC(C)C. The van der Waals surface area contributed by atoms with E-state index in [-0.39, 0.29) is 36.6 Å². The summed E-state index contributed by atoms with van der Waals surface area (Å²) in [7, 11) is 1.32. The first kappa shape index (κ1) is 38.0. The lowest BCUT2D eigenvalue weighted by molar-refractivity contribution is -0.143. The number of fused-ring (bicyclic) bond motifs is 7. The molecule has 2 aliphatic heterocycles. The van der Waals surface area contributed by atoms with Crippen molar-refractivity contribution >= 4 is 41.5 Å². The van der Waals surface area contributed by atoms with Crippen molar-refractivity contribution in [2.24, 2.45) is 23.7 Å². The van der Waals surface area contributed by atoms with Crippen LogP contribution in [0, 0.1) is 51.4 Å². The van der Waals surface area contributed by atoms with Crippen LogP contribution < -0.4 is 16.0 Å². The van der Waals surface area contributed by atoms with E-state index in [4.69, 9.17) is 9.47 Å². The Balaban J connectivity index is 1.46. The topological polar surface area (TPSA) is 129 Å². The van der Waals surface area contributed by atoms with Crippen molar-refractivity contribution in [2.75, 3.05) is 13.7 Å². The van der Waals surface area contributed by atoms with Gasteiger partial charge in [-0.05, 0) is 118 Å². The second-order valence-electron chi connectivity index (χ2n) is 15.6. The molecule has 1 saturated heterocycles. The summed E-state index contributed by atoms with van der Waals surface area (Å²) < 4.78 is 10.9. The maximum Gasteiger partial charge on any atom is 0.321 e. The maximum absolute atomic E-state index is 14.3. The van der Waals surface area contributed by atoms with Crippen molar-refractivity contribution in [1.82, 2.24) is 20.3 Å². The molecule has 3 atom stereocenters. The van der Waals surface area contributed by atoms with Gasteiger partial charge in [-0.3, -0.25) is 14.4 Å². The van der Waals surface area contributed by atoms with E-state index >= 15 is 0 Å². The number of hydrogen-bond donors (Lipinski definition) is 4. The largest absolute Gasteiger partial charge is 0.468 e. The molecule has 282 valence electrons.